The van der Waals surface area contributed by atoms with Gasteiger partial charge >= 0.3 is 0 Å². The normalized spacial score (nSPS) is 22.8. The average molecular weight is 358 g/mol. The third-order valence-corrected chi connectivity index (χ3v) is 6.50. The first kappa shape index (κ1) is 16.6. The first-order chi connectivity index (χ1) is 10.9. The number of halogens is 1. The largest absolute Gasteiger partial charge is 0.484 e. The second-order valence-corrected chi connectivity index (χ2v) is 8.92. The van der Waals surface area contributed by atoms with Crippen molar-refractivity contribution >= 4 is 27.3 Å². The van der Waals surface area contributed by atoms with Crippen LogP contribution in [-0.4, -0.2) is 49.4 Å². The van der Waals surface area contributed by atoms with Crippen molar-refractivity contribution in [2.45, 2.75) is 38.3 Å². The van der Waals surface area contributed by atoms with Crippen molar-refractivity contribution in [3.63, 3.8) is 0 Å². The van der Waals surface area contributed by atoms with Gasteiger partial charge in [0.15, 0.2) is 16.4 Å². The highest BCUT2D eigenvalue weighted by atomic mass is 35.5. The van der Waals surface area contributed by atoms with Crippen LogP contribution in [0.3, 0.4) is 0 Å². The fourth-order valence-corrected chi connectivity index (χ4v) is 4.81. The molecule has 1 aliphatic carbocycles. The lowest BCUT2D eigenvalue weighted by atomic mass is 10.2. The number of nitrogens with zero attached hydrogens (tertiary/aromatic N) is 1. The Morgan fingerprint density at radius 1 is 1.30 bits per heavy atom. The van der Waals surface area contributed by atoms with Crippen LogP contribution in [0.15, 0.2) is 18.2 Å². The van der Waals surface area contributed by atoms with Crippen LogP contribution in [0.25, 0.3) is 0 Å². The van der Waals surface area contributed by atoms with Crippen LogP contribution < -0.4 is 4.74 Å². The first-order valence-corrected chi connectivity index (χ1v) is 9.96. The van der Waals surface area contributed by atoms with Gasteiger partial charge in [-0.15, -0.1) is 0 Å². The van der Waals surface area contributed by atoms with Crippen LogP contribution in [0, 0.1) is 6.92 Å². The highest BCUT2D eigenvalue weighted by Gasteiger charge is 2.42. The van der Waals surface area contributed by atoms with Crippen LogP contribution in [0.5, 0.6) is 5.75 Å². The predicted molar refractivity (Wildman–Crippen MR) is 88.6 cm³/mol. The number of ether oxygens (including phenoxy) is 1. The molecular formula is C16H20ClNO4S. The van der Waals surface area contributed by atoms with Gasteiger partial charge in [0.05, 0.1) is 11.5 Å². The topological polar surface area (TPSA) is 63.7 Å². The summed E-state index contributed by atoms with van der Waals surface area (Å²) in [5, 5.41) is 0.652. The van der Waals surface area contributed by atoms with Crippen LogP contribution in [-0.2, 0) is 14.6 Å². The molecule has 0 spiro atoms. The molecule has 1 atom stereocenters. The maximum absolute atomic E-state index is 12.5. The summed E-state index contributed by atoms with van der Waals surface area (Å²) in [7, 11) is -3.01. The van der Waals surface area contributed by atoms with Crippen LogP contribution in [0.2, 0.25) is 5.02 Å². The monoisotopic (exact) mass is 357 g/mol. The minimum absolute atomic E-state index is 0.0753. The molecule has 1 unspecified atom stereocenters. The van der Waals surface area contributed by atoms with E-state index < -0.39 is 9.84 Å². The number of benzene rings is 1. The van der Waals surface area contributed by atoms with Crippen molar-refractivity contribution in [2.75, 3.05) is 18.1 Å². The number of rotatable bonds is 5. The molecule has 3 rings (SSSR count). The predicted octanol–water partition coefficient (Wildman–Crippen LogP) is 2.21. The van der Waals surface area contributed by atoms with Gasteiger partial charge in [0, 0.05) is 17.1 Å². The van der Waals surface area contributed by atoms with Crippen molar-refractivity contribution < 1.29 is 17.9 Å². The Hall–Kier alpha value is -1.27. The number of hydrogen-bond donors (Lipinski definition) is 0. The summed E-state index contributed by atoms with van der Waals surface area (Å²) in [5.74, 6) is 0.706. The Morgan fingerprint density at radius 3 is 2.61 bits per heavy atom. The molecule has 2 fully saturated rings. The lowest BCUT2D eigenvalue weighted by Crippen LogP contribution is -2.45. The Balaban J connectivity index is 1.64. The van der Waals surface area contributed by atoms with Gasteiger partial charge in [0.1, 0.15) is 5.75 Å². The van der Waals surface area contributed by atoms with Gasteiger partial charge in [-0.25, -0.2) is 8.42 Å². The summed E-state index contributed by atoms with van der Waals surface area (Å²) in [6.45, 7) is 1.80. The highest BCUT2D eigenvalue weighted by molar-refractivity contribution is 7.91. The third kappa shape index (κ3) is 3.98. The summed E-state index contributed by atoms with van der Waals surface area (Å²) < 4.78 is 28.9. The molecule has 0 N–H and O–H groups in total. The molecule has 0 radical (unpaired) electrons. The molecule has 1 aromatic rings. The number of carbonyl (C=O) groups excluding carboxylic acids is 1. The van der Waals surface area contributed by atoms with E-state index in [9.17, 15) is 13.2 Å². The lowest BCUT2D eigenvalue weighted by Gasteiger charge is -2.28. The van der Waals surface area contributed by atoms with E-state index in [0.717, 1.165) is 18.4 Å². The van der Waals surface area contributed by atoms with E-state index in [1.807, 2.05) is 6.92 Å². The van der Waals surface area contributed by atoms with Gasteiger partial charge in [0.2, 0.25) is 0 Å². The van der Waals surface area contributed by atoms with Gasteiger partial charge in [-0.05, 0) is 49.9 Å². The molecule has 7 heteroatoms. The van der Waals surface area contributed by atoms with Gasteiger partial charge < -0.3 is 9.64 Å². The Bertz CT molecular complexity index is 715. The van der Waals surface area contributed by atoms with E-state index in [2.05, 4.69) is 0 Å². The summed E-state index contributed by atoms with van der Waals surface area (Å²) in [6.07, 6.45) is 2.43. The Kier molecular flexibility index (Phi) is 4.56. The van der Waals surface area contributed by atoms with Gasteiger partial charge in [-0.1, -0.05) is 11.6 Å². The molecule has 2 aliphatic rings. The molecule has 1 amide bonds. The van der Waals surface area contributed by atoms with E-state index in [1.165, 1.54) is 0 Å². The third-order valence-electron chi connectivity index (χ3n) is 4.32. The minimum atomic E-state index is -3.01. The second-order valence-electron chi connectivity index (χ2n) is 6.29. The Morgan fingerprint density at radius 2 is 2.04 bits per heavy atom. The quantitative estimate of drug-likeness (QED) is 0.810. The van der Waals surface area contributed by atoms with Gasteiger partial charge in [-0.3, -0.25) is 4.79 Å². The molecule has 1 saturated carbocycles. The van der Waals surface area contributed by atoms with Gasteiger partial charge in [-0.2, -0.15) is 0 Å². The van der Waals surface area contributed by atoms with Gasteiger partial charge in [0.25, 0.3) is 5.91 Å². The molecule has 1 heterocycles. The lowest BCUT2D eigenvalue weighted by molar-refractivity contribution is -0.135. The molecule has 0 aromatic heterocycles. The number of carbonyl (C=O) groups is 1. The first-order valence-electron chi connectivity index (χ1n) is 7.76. The number of amides is 1. The van der Waals surface area contributed by atoms with E-state index in [1.54, 1.807) is 23.1 Å². The molecule has 0 bridgehead atoms. The Labute approximate surface area is 141 Å². The standard InChI is InChI=1S/C16H20ClNO4S/c1-11-8-14(4-5-15(11)17)22-9-16(19)18(12-2-3-12)13-6-7-23(20,21)10-13/h4-5,8,12-13H,2-3,6-7,9-10H2,1H3. The molecule has 1 aromatic carbocycles. The minimum Gasteiger partial charge on any atom is -0.484 e. The zero-order valence-electron chi connectivity index (χ0n) is 13.0. The van der Waals surface area contributed by atoms with Crippen LogP contribution in [0.1, 0.15) is 24.8 Å². The zero-order valence-corrected chi connectivity index (χ0v) is 14.6. The van der Waals surface area contributed by atoms with Crippen molar-refractivity contribution in [3.05, 3.63) is 28.8 Å². The SMILES string of the molecule is Cc1cc(OCC(=O)N(C2CC2)C2CCS(=O)(=O)C2)ccc1Cl. The van der Waals surface area contributed by atoms with E-state index in [0.29, 0.717) is 17.2 Å². The summed E-state index contributed by atoms with van der Waals surface area (Å²) >= 11 is 5.97. The number of aryl methyl sites for hydroxylation is 1. The number of sulfone groups is 1. The van der Waals surface area contributed by atoms with Crippen LogP contribution >= 0.6 is 11.6 Å². The maximum atomic E-state index is 12.5. The highest BCUT2D eigenvalue weighted by Crippen LogP contribution is 2.32. The summed E-state index contributed by atoms with van der Waals surface area (Å²) in [5.41, 5.74) is 0.887. The van der Waals surface area contributed by atoms with Crippen molar-refractivity contribution in [1.29, 1.82) is 0 Å². The van der Waals surface area contributed by atoms with Crippen molar-refractivity contribution in [2.24, 2.45) is 0 Å². The van der Waals surface area contributed by atoms with Crippen molar-refractivity contribution in [3.8, 4) is 5.75 Å². The average Bonchev–Trinajstić information content (AvgIpc) is 3.24. The van der Waals surface area contributed by atoms with Crippen molar-refractivity contribution in [1.82, 2.24) is 4.90 Å². The fourth-order valence-electron chi connectivity index (χ4n) is 2.98. The number of hydrogen-bond acceptors (Lipinski definition) is 4. The molecule has 5 nitrogen and oxygen atoms in total. The molecule has 23 heavy (non-hydrogen) atoms. The fraction of sp³-hybridized carbons (Fsp3) is 0.562. The van der Waals surface area contributed by atoms with Crippen LogP contribution in [0.4, 0.5) is 0 Å². The van der Waals surface area contributed by atoms with E-state index in [-0.39, 0.29) is 36.1 Å². The smallest absolute Gasteiger partial charge is 0.261 e. The van der Waals surface area contributed by atoms with E-state index >= 15 is 0 Å². The maximum Gasteiger partial charge on any atom is 0.261 e. The molecule has 1 saturated heterocycles. The molecular weight excluding hydrogens is 338 g/mol. The summed E-state index contributed by atoms with van der Waals surface area (Å²) in [6, 6.07) is 5.23. The molecule has 1 aliphatic heterocycles. The summed E-state index contributed by atoms with van der Waals surface area (Å²) in [4.78, 5) is 14.3. The second kappa shape index (κ2) is 6.32. The molecule has 126 valence electrons. The zero-order chi connectivity index (χ0) is 16.6. The van der Waals surface area contributed by atoms with E-state index in [4.69, 9.17) is 16.3 Å².